The molecule has 7 rings (SSSR count). The number of nitrogens with zero attached hydrogens (tertiary/aromatic N) is 2. The van der Waals surface area contributed by atoms with Crippen molar-refractivity contribution in [2.24, 2.45) is 0 Å². The molecule has 0 bridgehead atoms. The van der Waals surface area contributed by atoms with Crippen molar-refractivity contribution in [3.8, 4) is 11.8 Å². The molecule has 2 aromatic carbocycles. The highest BCUT2D eigenvalue weighted by atomic mass is 32.2. The van der Waals surface area contributed by atoms with Crippen molar-refractivity contribution in [2.45, 2.75) is 163 Å². The molecule has 5 heterocycles. The lowest BCUT2D eigenvalue weighted by molar-refractivity contribution is -0.138. The Bertz CT molecular complexity index is 2380. The van der Waals surface area contributed by atoms with E-state index in [1.54, 1.807) is 4.90 Å². The van der Waals surface area contributed by atoms with Crippen LogP contribution in [0, 0.1) is 11.8 Å². The van der Waals surface area contributed by atoms with Gasteiger partial charge in [-0.05, 0) is 75.1 Å². The van der Waals surface area contributed by atoms with Crippen molar-refractivity contribution in [3.63, 3.8) is 0 Å². The summed E-state index contributed by atoms with van der Waals surface area (Å²) in [6, 6.07) is 15.5. The third-order valence-electron chi connectivity index (χ3n) is 14.6. The minimum Gasteiger partial charge on any atom is -0.356 e. The highest BCUT2D eigenvalue weighted by molar-refractivity contribution is 8.00. The van der Waals surface area contributed by atoms with Crippen LogP contribution in [0.2, 0.25) is 0 Å². The predicted molar refractivity (Wildman–Crippen MR) is 294 cm³/mol. The van der Waals surface area contributed by atoms with Gasteiger partial charge in [0, 0.05) is 97.7 Å². The Morgan fingerprint density at radius 2 is 1.04 bits per heavy atom. The van der Waals surface area contributed by atoms with Gasteiger partial charge >= 0.3 is 12.1 Å². The highest BCUT2D eigenvalue weighted by Gasteiger charge is 2.43. The number of unbranched alkanes of at least 4 members (excludes halogenated alkanes) is 6. The van der Waals surface area contributed by atoms with Gasteiger partial charge in [0.05, 0.1) is 49.5 Å². The molecule has 0 aliphatic carbocycles. The number of urea groups is 2. The van der Waals surface area contributed by atoms with Crippen LogP contribution in [0.5, 0.6) is 0 Å². The fourth-order valence-corrected chi connectivity index (χ4v) is 13.5. The maximum Gasteiger partial charge on any atom is 0.315 e. The van der Waals surface area contributed by atoms with Gasteiger partial charge < -0.3 is 47.0 Å². The predicted octanol–water partition coefficient (Wildman–Crippen LogP) is 4.99. The van der Waals surface area contributed by atoms with Crippen LogP contribution in [0.25, 0.3) is 0 Å². The third-order valence-corrected chi connectivity index (χ3v) is 17.6. The molecular weight excluding hydrogens is 1010 g/mol. The molecule has 20 heteroatoms. The summed E-state index contributed by atoms with van der Waals surface area (Å²) >= 11 is 3.73. The molecular formula is C56H75N9O9S2. The summed E-state index contributed by atoms with van der Waals surface area (Å²) in [6.45, 7) is 0.786. The number of ketones is 2. The second-order valence-corrected chi connectivity index (χ2v) is 22.9. The number of rotatable bonds is 32. The van der Waals surface area contributed by atoms with Crippen LogP contribution in [0.1, 0.15) is 139 Å². The minimum absolute atomic E-state index is 0.00843. The first kappa shape index (κ1) is 57.6. The topological polar surface area (TPSA) is 244 Å². The SMILES string of the molecule is O=C(CCCCCNC(=O)CCCCC1SCC2NC(=O)NC21)CN(CC(=O)CCCCCNC(=O)CCCCC1SCC2NC(=O)NC21)C(=O)CCNC(=O)CCC(=O)N1Cc2ccccc2C#Cc2ccccc21. The zero-order valence-corrected chi connectivity index (χ0v) is 45.2. The van der Waals surface area contributed by atoms with Gasteiger partial charge in [-0.25, -0.2) is 9.59 Å². The van der Waals surface area contributed by atoms with Gasteiger partial charge in [-0.2, -0.15) is 23.5 Å². The Kier molecular flexibility index (Phi) is 22.8. The maximum atomic E-state index is 13.7. The first-order valence-corrected chi connectivity index (χ1v) is 29.5. The highest BCUT2D eigenvalue weighted by Crippen LogP contribution is 2.34. The Morgan fingerprint density at radius 1 is 0.539 bits per heavy atom. The first-order chi connectivity index (χ1) is 36.9. The van der Waals surface area contributed by atoms with Gasteiger partial charge in [-0.15, -0.1) is 0 Å². The molecule has 0 radical (unpaired) electrons. The van der Waals surface area contributed by atoms with Gasteiger partial charge in [0.1, 0.15) is 0 Å². The number of hydrogen-bond acceptors (Lipinski definition) is 11. The number of carbonyl (C=O) groups excluding carboxylic acids is 9. The van der Waals surface area contributed by atoms with Crippen molar-refractivity contribution >= 4 is 82.4 Å². The van der Waals surface area contributed by atoms with Crippen LogP contribution in [0.3, 0.4) is 0 Å². The lowest BCUT2D eigenvalue weighted by Gasteiger charge is -2.26. The zero-order chi connectivity index (χ0) is 53.7. The Balaban J connectivity index is 0.788. The van der Waals surface area contributed by atoms with Crippen molar-refractivity contribution in [1.82, 2.24) is 42.1 Å². The molecule has 9 amide bonds. The monoisotopic (exact) mass is 1080 g/mol. The quantitative estimate of drug-likeness (QED) is 0.0292. The minimum atomic E-state index is -0.442. The molecule has 6 atom stereocenters. The molecule has 2 aromatic rings. The molecule has 5 aliphatic rings. The Labute approximate surface area is 455 Å². The van der Waals surface area contributed by atoms with E-state index in [1.807, 2.05) is 72.1 Å². The van der Waals surface area contributed by atoms with E-state index in [9.17, 15) is 43.2 Å². The average molecular weight is 1080 g/mol. The van der Waals surface area contributed by atoms with Gasteiger partial charge in [0.25, 0.3) is 0 Å². The van der Waals surface area contributed by atoms with E-state index in [4.69, 9.17) is 0 Å². The summed E-state index contributed by atoms with van der Waals surface area (Å²) in [5.74, 6) is 6.71. The van der Waals surface area contributed by atoms with E-state index < -0.39 is 11.8 Å². The molecule has 0 spiro atoms. The van der Waals surface area contributed by atoms with Crippen molar-refractivity contribution in [3.05, 3.63) is 65.2 Å². The number of nitrogens with one attached hydrogen (secondary N) is 7. The number of thioether (sulfide) groups is 2. The molecule has 4 saturated heterocycles. The third kappa shape index (κ3) is 18.0. The molecule has 4 fully saturated rings. The summed E-state index contributed by atoms with van der Waals surface area (Å²) in [5, 5.41) is 21.3. The van der Waals surface area contributed by atoms with E-state index in [0.29, 0.717) is 92.8 Å². The van der Waals surface area contributed by atoms with E-state index >= 15 is 0 Å². The summed E-state index contributed by atoms with van der Waals surface area (Å²) in [4.78, 5) is 118. The molecule has 7 N–H and O–H groups in total. The lowest BCUT2D eigenvalue weighted by atomic mass is 10.0. The molecule has 76 heavy (non-hydrogen) atoms. The number of anilines is 1. The Hall–Kier alpha value is -6.07. The van der Waals surface area contributed by atoms with Crippen molar-refractivity contribution < 1.29 is 43.2 Å². The number of Topliss-reactive ketones (excluding diaryl/α,β-unsaturated/α-hetero) is 2. The van der Waals surface area contributed by atoms with E-state index in [2.05, 4.69) is 49.1 Å². The number of para-hydroxylation sites is 1. The molecule has 18 nitrogen and oxygen atoms in total. The van der Waals surface area contributed by atoms with Crippen LogP contribution in [-0.2, 0) is 40.1 Å². The van der Waals surface area contributed by atoms with Crippen LogP contribution >= 0.6 is 23.5 Å². The van der Waals surface area contributed by atoms with Crippen molar-refractivity contribution in [1.29, 1.82) is 0 Å². The summed E-state index contributed by atoms with van der Waals surface area (Å²) < 4.78 is 0. The summed E-state index contributed by atoms with van der Waals surface area (Å²) in [6.07, 6.45) is 10.1. The molecule has 6 unspecified atom stereocenters. The number of amides is 9. The van der Waals surface area contributed by atoms with Crippen molar-refractivity contribution in [2.75, 3.05) is 49.1 Å². The normalized spacial score (nSPS) is 20.6. The van der Waals surface area contributed by atoms with Gasteiger partial charge in [-0.1, -0.05) is 67.9 Å². The first-order valence-electron chi connectivity index (χ1n) is 27.4. The number of carbonyl (C=O) groups is 9. The molecule has 410 valence electrons. The van der Waals surface area contributed by atoms with Crippen LogP contribution in [0.15, 0.2) is 48.5 Å². The number of benzene rings is 2. The van der Waals surface area contributed by atoms with Gasteiger partial charge in [0.2, 0.25) is 29.5 Å². The number of hydrogen-bond donors (Lipinski definition) is 7. The van der Waals surface area contributed by atoms with Crippen LogP contribution < -0.4 is 42.1 Å². The van der Waals surface area contributed by atoms with E-state index in [0.717, 1.165) is 61.2 Å². The molecule has 0 saturated carbocycles. The fraction of sp³-hybridized carbons (Fsp3) is 0.589. The Morgan fingerprint density at radius 3 is 1.63 bits per heavy atom. The molecule has 5 aliphatic heterocycles. The second kappa shape index (κ2) is 30.0. The standard InChI is InChI=1S/C56H75N9O9S2/c66-41(18-3-1-13-30-57-48(68)23-11-9-21-46-53-43(36-75-46)60-55(73)62-53)34-64(35-42(67)19-4-2-14-31-58-49(69)24-12-10-22-47-54-44(37-76-47)61-56(74)63-54)51(71)29-32-59-50(70)27-28-52(72)65-33-40-17-6-5-15-38(40)25-26-39-16-7-8-20-45(39)65/h5-8,15-17,20,43-44,46-47,53-54H,1-4,9-14,18-19,21-24,27-37H2,(H,57,68)(H,58,69)(H,59,70)(H2,60,62,73)(H2,61,63,74). The lowest BCUT2D eigenvalue weighted by Crippen LogP contribution is -2.41. The second-order valence-electron chi connectivity index (χ2n) is 20.4. The molecule has 0 aromatic heterocycles. The average Bonchev–Trinajstić information content (AvgIpc) is 4.18. The smallest absolute Gasteiger partial charge is 0.315 e. The summed E-state index contributed by atoms with van der Waals surface area (Å²) in [5.41, 5.74) is 3.11. The van der Waals surface area contributed by atoms with Crippen LogP contribution in [0.4, 0.5) is 15.3 Å². The van der Waals surface area contributed by atoms with E-state index in [-0.39, 0.29) is 117 Å². The van der Waals surface area contributed by atoms with E-state index in [1.165, 1.54) is 4.90 Å². The summed E-state index contributed by atoms with van der Waals surface area (Å²) in [7, 11) is 0. The largest absolute Gasteiger partial charge is 0.356 e. The fourth-order valence-electron chi connectivity index (χ4n) is 10.4. The van der Waals surface area contributed by atoms with Gasteiger partial charge in [-0.3, -0.25) is 33.6 Å². The zero-order valence-electron chi connectivity index (χ0n) is 43.6. The van der Waals surface area contributed by atoms with Gasteiger partial charge in [0.15, 0.2) is 11.6 Å². The maximum absolute atomic E-state index is 13.7. The van der Waals surface area contributed by atoms with Crippen LogP contribution in [-0.4, -0.2) is 137 Å². The number of fused-ring (bicyclic) bond motifs is 4.